The Kier molecular flexibility index (Phi) is 8.95. The van der Waals surface area contributed by atoms with Crippen LogP contribution < -0.4 is 4.90 Å². The van der Waals surface area contributed by atoms with Gasteiger partial charge >= 0.3 is 0 Å². The summed E-state index contributed by atoms with van der Waals surface area (Å²) in [6, 6.07) is 82.6. The van der Waals surface area contributed by atoms with Crippen molar-refractivity contribution in [1.29, 1.82) is 0 Å². The average molecular weight is 872 g/mol. The molecule has 1 aromatic heterocycles. The summed E-state index contributed by atoms with van der Waals surface area (Å²) < 4.78 is 6.18. The summed E-state index contributed by atoms with van der Waals surface area (Å²) in [7, 11) is 0. The van der Waals surface area contributed by atoms with Gasteiger partial charge in [0.15, 0.2) is 0 Å². The molecule has 1 heterocycles. The maximum absolute atomic E-state index is 6.18. The van der Waals surface area contributed by atoms with Gasteiger partial charge in [0.05, 0.1) is 5.69 Å². The SMILES string of the molecule is CC1(C)c2ccccc2-c2c(N(c3ccc(-c4ccc5c(c4)-c4cc(-c6ccccc6)cc(-c6ccccc6)c4C5(C)C)cc3)c3ccc(-c4ccc5oc6ccccc6c5c4)cc3)cccc21. The monoisotopic (exact) mass is 871 g/mol. The van der Waals surface area contributed by atoms with Crippen LogP contribution in [0, 0.1) is 0 Å². The molecule has 0 saturated carbocycles. The number of benzene rings is 10. The highest BCUT2D eigenvalue weighted by Crippen LogP contribution is 2.56. The van der Waals surface area contributed by atoms with E-state index >= 15 is 0 Å². The van der Waals surface area contributed by atoms with Crippen LogP contribution in [0.15, 0.2) is 229 Å². The van der Waals surface area contributed by atoms with Crippen molar-refractivity contribution in [3.63, 3.8) is 0 Å². The normalized spacial score (nSPS) is 13.8. The Balaban J connectivity index is 0.923. The minimum atomic E-state index is -0.174. The summed E-state index contributed by atoms with van der Waals surface area (Å²) in [6.45, 7) is 9.50. The highest BCUT2D eigenvalue weighted by Gasteiger charge is 2.39. The Hall–Kier alpha value is -8.20. The number of para-hydroxylation sites is 1. The summed E-state index contributed by atoms with van der Waals surface area (Å²) >= 11 is 0. The van der Waals surface area contributed by atoms with E-state index in [0.29, 0.717) is 0 Å². The van der Waals surface area contributed by atoms with Crippen molar-refractivity contribution in [1.82, 2.24) is 0 Å². The molecule has 0 saturated heterocycles. The second kappa shape index (κ2) is 15.2. The molecule has 2 aliphatic rings. The Morgan fingerprint density at radius 1 is 0.324 bits per heavy atom. The van der Waals surface area contributed by atoms with Crippen molar-refractivity contribution in [2.24, 2.45) is 0 Å². The van der Waals surface area contributed by atoms with Gasteiger partial charge in [0, 0.05) is 38.5 Å². The number of hydrogen-bond acceptors (Lipinski definition) is 2. The molecule has 11 aromatic rings. The minimum absolute atomic E-state index is 0.123. The molecule has 0 bridgehead atoms. The maximum atomic E-state index is 6.18. The van der Waals surface area contributed by atoms with Gasteiger partial charge in [-0.1, -0.05) is 185 Å². The number of fused-ring (bicyclic) bond motifs is 9. The molecule has 13 rings (SSSR count). The molecule has 0 amide bonds. The van der Waals surface area contributed by atoms with Gasteiger partial charge in [-0.05, 0) is 150 Å². The zero-order chi connectivity index (χ0) is 45.7. The summed E-state index contributed by atoms with van der Waals surface area (Å²) in [5, 5.41) is 2.27. The molecular weight excluding hydrogens is 823 g/mol. The van der Waals surface area contributed by atoms with E-state index in [1.54, 1.807) is 0 Å². The third-order valence-corrected chi connectivity index (χ3v) is 15.1. The Morgan fingerprint density at radius 2 is 0.853 bits per heavy atom. The molecule has 10 aromatic carbocycles. The van der Waals surface area contributed by atoms with Gasteiger partial charge in [0.2, 0.25) is 0 Å². The van der Waals surface area contributed by atoms with E-state index in [1.807, 2.05) is 12.1 Å². The average Bonchev–Trinajstić information content (AvgIpc) is 3.96. The van der Waals surface area contributed by atoms with Crippen molar-refractivity contribution in [2.45, 2.75) is 38.5 Å². The molecule has 2 aliphatic carbocycles. The second-order valence-corrected chi connectivity index (χ2v) is 19.7. The third kappa shape index (κ3) is 6.17. The molecule has 0 unspecified atom stereocenters. The van der Waals surface area contributed by atoms with Crippen LogP contribution in [0.2, 0.25) is 0 Å². The van der Waals surface area contributed by atoms with Gasteiger partial charge in [-0.2, -0.15) is 0 Å². The van der Waals surface area contributed by atoms with E-state index in [-0.39, 0.29) is 10.8 Å². The fourth-order valence-electron chi connectivity index (χ4n) is 11.7. The predicted molar refractivity (Wildman–Crippen MR) is 285 cm³/mol. The van der Waals surface area contributed by atoms with Gasteiger partial charge in [0.25, 0.3) is 0 Å². The second-order valence-electron chi connectivity index (χ2n) is 19.7. The van der Waals surface area contributed by atoms with Gasteiger partial charge < -0.3 is 9.32 Å². The van der Waals surface area contributed by atoms with Gasteiger partial charge in [-0.15, -0.1) is 0 Å². The molecule has 0 spiro atoms. The first-order valence-electron chi connectivity index (χ1n) is 23.8. The fourth-order valence-corrected chi connectivity index (χ4v) is 11.7. The number of furan rings is 1. The number of rotatable bonds is 7. The first-order chi connectivity index (χ1) is 33.2. The molecule has 0 fully saturated rings. The van der Waals surface area contributed by atoms with Crippen LogP contribution in [-0.2, 0) is 10.8 Å². The van der Waals surface area contributed by atoms with Crippen LogP contribution in [0.4, 0.5) is 17.1 Å². The number of nitrogens with zero attached hydrogens (tertiary/aromatic N) is 1. The van der Waals surface area contributed by atoms with Gasteiger partial charge in [-0.25, -0.2) is 0 Å². The lowest BCUT2D eigenvalue weighted by Crippen LogP contribution is -2.16. The first kappa shape index (κ1) is 40.1. The zero-order valence-corrected chi connectivity index (χ0v) is 38.7. The fraction of sp³-hybridized carbons (Fsp3) is 0.0909. The van der Waals surface area contributed by atoms with E-state index in [9.17, 15) is 0 Å². The van der Waals surface area contributed by atoms with Gasteiger partial charge in [-0.3, -0.25) is 0 Å². The summed E-state index contributed by atoms with van der Waals surface area (Å²) in [5.74, 6) is 0. The number of hydrogen-bond donors (Lipinski definition) is 0. The summed E-state index contributed by atoms with van der Waals surface area (Å²) in [6.07, 6.45) is 0. The van der Waals surface area contributed by atoms with Crippen molar-refractivity contribution < 1.29 is 4.42 Å². The Morgan fingerprint density at radius 3 is 1.59 bits per heavy atom. The Bertz CT molecular complexity index is 3760. The number of anilines is 3. The molecule has 0 radical (unpaired) electrons. The first-order valence-corrected chi connectivity index (χ1v) is 23.8. The van der Waals surface area contributed by atoms with E-state index in [2.05, 4.69) is 245 Å². The van der Waals surface area contributed by atoms with Crippen LogP contribution in [-0.4, -0.2) is 0 Å². The van der Waals surface area contributed by atoms with Crippen LogP contribution in [0.5, 0.6) is 0 Å². The van der Waals surface area contributed by atoms with Crippen LogP contribution >= 0.6 is 0 Å². The van der Waals surface area contributed by atoms with Crippen molar-refractivity contribution in [2.75, 3.05) is 4.90 Å². The Labute approximate surface area is 398 Å². The molecule has 2 heteroatoms. The topological polar surface area (TPSA) is 16.4 Å². The smallest absolute Gasteiger partial charge is 0.135 e. The predicted octanol–water partition coefficient (Wildman–Crippen LogP) is 18.3. The zero-order valence-electron chi connectivity index (χ0n) is 38.7. The van der Waals surface area contributed by atoms with Crippen LogP contribution in [0.25, 0.3) is 88.7 Å². The van der Waals surface area contributed by atoms with E-state index in [1.165, 1.54) is 83.6 Å². The van der Waals surface area contributed by atoms with E-state index < -0.39 is 0 Å². The molecule has 324 valence electrons. The highest BCUT2D eigenvalue weighted by atomic mass is 16.3. The quantitative estimate of drug-likeness (QED) is 0.159. The maximum Gasteiger partial charge on any atom is 0.135 e. The van der Waals surface area contributed by atoms with Crippen LogP contribution in [0.1, 0.15) is 49.9 Å². The standard InChI is InChI=1S/C66H49NO/c1-65(2)57-22-13-11-21-52(57)63-59(65)23-15-24-60(63)67(50-34-28-44(29-35-50)47-31-37-62-55(39-47)51-20-12-14-25-61(51)68-62)49-32-26-43(27-33-49)46-30-36-58-54(38-46)56-41-48(42-16-7-5-8-17-42)40-53(64(56)66(58,3)4)45-18-9-6-10-19-45/h5-41H,1-4H3. The third-order valence-electron chi connectivity index (χ3n) is 15.1. The molecular formula is C66H49NO. The van der Waals surface area contributed by atoms with Crippen molar-refractivity contribution in [3.05, 3.63) is 247 Å². The molecule has 2 nitrogen and oxygen atoms in total. The largest absolute Gasteiger partial charge is 0.456 e. The van der Waals surface area contributed by atoms with Crippen LogP contribution in [0.3, 0.4) is 0 Å². The molecule has 0 N–H and O–H groups in total. The lowest BCUT2D eigenvalue weighted by molar-refractivity contribution is 0.660. The molecule has 0 aliphatic heterocycles. The summed E-state index contributed by atoms with van der Waals surface area (Å²) in [4.78, 5) is 2.45. The lowest BCUT2D eigenvalue weighted by atomic mass is 9.78. The van der Waals surface area contributed by atoms with Crippen molar-refractivity contribution in [3.8, 4) is 66.8 Å². The summed E-state index contributed by atoms with van der Waals surface area (Å²) in [5.41, 5.74) is 25.3. The van der Waals surface area contributed by atoms with Crippen molar-refractivity contribution >= 4 is 39.0 Å². The highest BCUT2D eigenvalue weighted by molar-refractivity contribution is 6.06. The van der Waals surface area contributed by atoms with E-state index in [4.69, 9.17) is 4.42 Å². The lowest BCUT2D eigenvalue weighted by Gasteiger charge is -2.29. The van der Waals surface area contributed by atoms with Gasteiger partial charge in [0.1, 0.15) is 11.2 Å². The minimum Gasteiger partial charge on any atom is -0.456 e. The molecule has 68 heavy (non-hydrogen) atoms. The molecule has 0 atom stereocenters. The van der Waals surface area contributed by atoms with E-state index in [0.717, 1.165) is 44.4 Å².